The van der Waals surface area contributed by atoms with Crippen LogP contribution in [0.1, 0.15) is 27.9 Å². The van der Waals surface area contributed by atoms with Gasteiger partial charge in [-0.1, -0.05) is 60.2 Å². The lowest BCUT2D eigenvalue weighted by Gasteiger charge is -2.22. The molecule has 1 aromatic heterocycles. The summed E-state index contributed by atoms with van der Waals surface area (Å²) < 4.78 is 5.96. The first kappa shape index (κ1) is 20.9. The number of fused-ring (bicyclic) bond motifs is 5. The highest BCUT2D eigenvalue weighted by molar-refractivity contribution is 6.30. The van der Waals surface area contributed by atoms with E-state index in [1.165, 1.54) is 32.7 Å². The zero-order valence-corrected chi connectivity index (χ0v) is 19.3. The summed E-state index contributed by atoms with van der Waals surface area (Å²) in [7, 11) is 0. The summed E-state index contributed by atoms with van der Waals surface area (Å²) in [6.45, 7) is 0. The van der Waals surface area contributed by atoms with Crippen LogP contribution in [0.3, 0.4) is 0 Å². The van der Waals surface area contributed by atoms with E-state index in [1.54, 1.807) is 42.6 Å². The van der Waals surface area contributed by atoms with Crippen LogP contribution in [0, 0.1) is 5.92 Å². The van der Waals surface area contributed by atoms with Gasteiger partial charge in [-0.3, -0.25) is 4.79 Å². The van der Waals surface area contributed by atoms with Gasteiger partial charge in [-0.2, -0.15) is 0 Å². The van der Waals surface area contributed by atoms with Gasteiger partial charge in [-0.15, -0.1) is 0 Å². The fraction of sp³-hybridized carbons (Fsp3) is 0.133. The number of aromatic nitrogens is 1. The monoisotopic (exact) mass is 463 g/mol. The lowest BCUT2D eigenvalue weighted by Crippen LogP contribution is -2.37. The second kappa shape index (κ2) is 8.58. The number of carbonyl (C=O) groups is 1. The molecule has 4 aromatic rings. The summed E-state index contributed by atoms with van der Waals surface area (Å²) in [6.07, 6.45) is 8.66. The predicted octanol–water partition coefficient (Wildman–Crippen LogP) is 5.76. The predicted molar refractivity (Wildman–Crippen MR) is 136 cm³/mol. The van der Waals surface area contributed by atoms with E-state index in [-0.39, 0.29) is 11.7 Å². The summed E-state index contributed by atoms with van der Waals surface area (Å²) in [5.74, 6) is 0.736. The molecule has 0 aliphatic heterocycles. The summed E-state index contributed by atoms with van der Waals surface area (Å²) in [6, 6.07) is 23.7. The Hall–Kier alpha value is -3.69. The normalized spacial score (nSPS) is 15.7. The second-order valence-electron chi connectivity index (χ2n) is 8.75. The number of hydrogen-bond donors (Lipinski definition) is 0. The van der Waals surface area contributed by atoms with Crippen LogP contribution in [0.4, 0.5) is 0 Å². The maximum atomic E-state index is 13.7. The molecule has 3 aromatic carbocycles. The van der Waals surface area contributed by atoms with Gasteiger partial charge in [-0.05, 0) is 88.4 Å². The van der Waals surface area contributed by atoms with Gasteiger partial charge in [0.15, 0.2) is 5.78 Å². The van der Waals surface area contributed by atoms with Crippen molar-refractivity contribution in [3.8, 4) is 22.8 Å². The first-order valence-corrected chi connectivity index (χ1v) is 11.9. The van der Waals surface area contributed by atoms with E-state index >= 15 is 0 Å². The van der Waals surface area contributed by atoms with E-state index in [4.69, 9.17) is 16.3 Å². The largest absolute Gasteiger partial charge is 0.438 e. The van der Waals surface area contributed by atoms with E-state index < -0.39 is 0 Å². The Morgan fingerprint density at radius 3 is 2.62 bits per heavy atom. The zero-order chi connectivity index (χ0) is 23.1. The minimum atomic E-state index is -0.221. The fourth-order valence-electron chi connectivity index (χ4n) is 5.00. The first-order chi connectivity index (χ1) is 16.7. The Bertz CT molecular complexity index is 1540. The van der Waals surface area contributed by atoms with E-state index in [1.807, 2.05) is 0 Å². The molecule has 0 N–H and O–H groups in total. The SMILES string of the molecule is O=C(c1cccnc1Oc1ccc(Cl)cc1)C1C=c2c(ccc3c2=CCc2ccccc2-3)CC1. The molecule has 0 fully saturated rings. The van der Waals surface area contributed by atoms with Crippen LogP contribution in [0.15, 0.2) is 79.0 Å². The van der Waals surface area contributed by atoms with Gasteiger partial charge < -0.3 is 4.74 Å². The number of pyridine rings is 1. The quantitative estimate of drug-likeness (QED) is 0.361. The smallest absolute Gasteiger partial charge is 0.230 e. The van der Waals surface area contributed by atoms with Crippen LogP contribution in [-0.2, 0) is 12.8 Å². The van der Waals surface area contributed by atoms with Crippen LogP contribution in [0.2, 0.25) is 5.02 Å². The van der Waals surface area contributed by atoms with Crippen molar-refractivity contribution < 1.29 is 9.53 Å². The van der Waals surface area contributed by atoms with Gasteiger partial charge in [0.25, 0.3) is 0 Å². The van der Waals surface area contributed by atoms with Gasteiger partial charge in [0.1, 0.15) is 5.75 Å². The average molecular weight is 464 g/mol. The van der Waals surface area contributed by atoms with Crippen LogP contribution in [-0.4, -0.2) is 10.8 Å². The highest BCUT2D eigenvalue weighted by Crippen LogP contribution is 2.29. The number of carbonyl (C=O) groups excluding carboxylic acids is 1. The van der Waals surface area contributed by atoms with Gasteiger partial charge >= 0.3 is 0 Å². The molecule has 6 rings (SSSR count). The molecule has 3 nitrogen and oxygen atoms in total. The first-order valence-electron chi connectivity index (χ1n) is 11.5. The van der Waals surface area contributed by atoms with Gasteiger partial charge in [0.2, 0.25) is 5.88 Å². The highest BCUT2D eigenvalue weighted by Gasteiger charge is 2.25. The Balaban J connectivity index is 1.38. The number of rotatable bonds is 4. The lowest BCUT2D eigenvalue weighted by molar-refractivity contribution is 0.0944. The topological polar surface area (TPSA) is 39.2 Å². The lowest BCUT2D eigenvalue weighted by atomic mass is 9.82. The van der Waals surface area contributed by atoms with Gasteiger partial charge in [0.05, 0.1) is 5.56 Å². The Kier molecular flexibility index (Phi) is 5.27. The number of aryl methyl sites for hydroxylation is 1. The zero-order valence-electron chi connectivity index (χ0n) is 18.5. The Labute approximate surface area is 203 Å². The summed E-state index contributed by atoms with van der Waals surface area (Å²) in [5.41, 5.74) is 5.69. The highest BCUT2D eigenvalue weighted by atomic mass is 35.5. The van der Waals surface area contributed by atoms with Crippen molar-refractivity contribution in [3.05, 3.63) is 111 Å². The molecule has 0 amide bonds. The van der Waals surface area contributed by atoms with Crippen molar-refractivity contribution >= 4 is 29.5 Å². The number of hydrogen-bond acceptors (Lipinski definition) is 3. The minimum Gasteiger partial charge on any atom is -0.438 e. The molecule has 4 heteroatoms. The van der Waals surface area contributed by atoms with E-state index in [2.05, 4.69) is 53.5 Å². The molecule has 1 unspecified atom stereocenters. The van der Waals surface area contributed by atoms with Gasteiger partial charge in [-0.25, -0.2) is 4.98 Å². The molecule has 0 saturated heterocycles. The van der Waals surface area contributed by atoms with Crippen LogP contribution < -0.4 is 15.2 Å². The molecule has 1 atom stereocenters. The molecule has 0 saturated carbocycles. The third kappa shape index (κ3) is 3.72. The standard InChI is InChI=1S/C30H22ClNO2/c31-22-11-13-23(14-12-22)34-30-27(6-3-17-32-30)29(33)21-8-7-20-10-15-25-24-5-2-1-4-19(24)9-16-26(25)28(20)18-21/h1-6,10-18,21H,7-9H2. The van der Waals surface area contributed by atoms with E-state index in [0.717, 1.165) is 19.3 Å². The number of benzene rings is 3. The van der Waals surface area contributed by atoms with Crippen molar-refractivity contribution in [1.82, 2.24) is 4.98 Å². The minimum absolute atomic E-state index is 0.0385. The van der Waals surface area contributed by atoms with Crippen LogP contribution in [0.25, 0.3) is 23.3 Å². The molecule has 166 valence electrons. The number of nitrogens with zero attached hydrogens (tertiary/aromatic N) is 1. The van der Waals surface area contributed by atoms with Crippen molar-refractivity contribution in [3.63, 3.8) is 0 Å². The fourth-order valence-corrected chi connectivity index (χ4v) is 5.13. The number of ketones is 1. The van der Waals surface area contributed by atoms with Crippen LogP contribution >= 0.6 is 11.6 Å². The maximum Gasteiger partial charge on any atom is 0.230 e. The van der Waals surface area contributed by atoms with E-state index in [0.29, 0.717) is 22.2 Å². The number of ether oxygens (including phenoxy) is 1. The van der Waals surface area contributed by atoms with Crippen molar-refractivity contribution in [2.24, 2.45) is 5.92 Å². The van der Waals surface area contributed by atoms with Crippen molar-refractivity contribution in [2.75, 3.05) is 0 Å². The molecule has 0 spiro atoms. The summed E-state index contributed by atoms with van der Waals surface area (Å²) >= 11 is 5.99. The number of halogens is 1. The molecule has 2 aliphatic carbocycles. The second-order valence-corrected chi connectivity index (χ2v) is 9.19. The van der Waals surface area contributed by atoms with Crippen molar-refractivity contribution in [2.45, 2.75) is 19.3 Å². The third-order valence-corrected chi connectivity index (χ3v) is 6.96. The molecule has 0 bridgehead atoms. The number of Topliss-reactive ketones (excluding diaryl/α,β-unsaturated/α-hetero) is 1. The summed E-state index contributed by atoms with van der Waals surface area (Å²) in [5, 5.41) is 3.07. The molecule has 0 radical (unpaired) electrons. The Morgan fingerprint density at radius 2 is 1.74 bits per heavy atom. The van der Waals surface area contributed by atoms with Gasteiger partial charge in [0, 0.05) is 17.1 Å². The summed E-state index contributed by atoms with van der Waals surface area (Å²) in [4.78, 5) is 18.0. The van der Waals surface area contributed by atoms with Crippen molar-refractivity contribution in [1.29, 1.82) is 0 Å². The molecule has 2 aliphatic rings. The maximum absolute atomic E-state index is 13.7. The molecule has 1 heterocycles. The molecular weight excluding hydrogens is 442 g/mol. The average Bonchev–Trinajstić information content (AvgIpc) is 2.89. The molecular formula is C30H22ClNO2. The third-order valence-electron chi connectivity index (χ3n) is 6.71. The molecule has 34 heavy (non-hydrogen) atoms. The Morgan fingerprint density at radius 1 is 0.882 bits per heavy atom. The van der Waals surface area contributed by atoms with E-state index in [9.17, 15) is 4.79 Å². The van der Waals surface area contributed by atoms with Crippen LogP contribution in [0.5, 0.6) is 11.6 Å².